The molecule has 1 fully saturated rings. The largest absolute Gasteiger partial charge is 0.459 e. The molecule has 0 aliphatic heterocycles. The lowest BCUT2D eigenvalue weighted by molar-refractivity contribution is -0.163. The van der Waals surface area contributed by atoms with Gasteiger partial charge in [-0.1, -0.05) is 12.2 Å². The molecule has 0 heterocycles. The summed E-state index contributed by atoms with van der Waals surface area (Å²) < 4.78 is 10.8. The zero-order chi connectivity index (χ0) is 13.9. The highest BCUT2D eigenvalue weighted by Gasteiger charge is 2.47. The molecule has 0 N–H and O–H groups in total. The molecule has 0 radical (unpaired) electrons. The minimum atomic E-state index is -0.302. The molecule has 2 aliphatic carbocycles. The van der Waals surface area contributed by atoms with Crippen molar-refractivity contribution >= 4 is 5.97 Å². The normalized spacial score (nSPS) is 31.4. The highest BCUT2D eigenvalue weighted by molar-refractivity contribution is 5.66. The molecule has 0 aromatic carbocycles. The summed E-state index contributed by atoms with van der Waals surface area (Å²) in [7, 11) is 1.73. The highest BCUT2D eigenvalue weighted by Crippen LogP contribution is 2.50. The number of allylic oxidation sites excluding steroid dienone is 2. The van der Waals surface area contributed by atoms with E-state index in [1.807, 2.05) is 0 Å². The highest BCUT2D eigenvalue weighted by atomic mass is 16.6. The van der Waals surface area contributed by atoms with Crippen molar-refractivity contribution in [2.75, 3.05) is 13.7 Å². The number of carbonyl (C=O) groups excluding carboxylic acids is 1. The molecule has 2 aliphatic rings. The first kappa shape index (κ1) is 14.6. The number of fused-ring (bicyclic) bond motifs is 2. The van der Waals surface area contributed by atoms with Gasteiger partial charge in [-0.15, -0.1) is 0 Å². The third kappa shape index (κ3) is 3.38. The Kier molecular flexibility index (Phi) is 4.67. The number of unbranched alkanes of at least 4 members (excludes halogenated alkanes) is 1. The van der Waals surface area contributed by atoms with Crippen molar-refractivity contribution in [2.24, 2.45) is 17.8 Å². The van der Waals surface area contributed by atoms with Gasteiger partial charge in [0.1, 0.15) is 5.60 Å². The van der Waals surface area contributed by atoms with E-state index in [4.69, 9.17) is 9.47 Å². The van der Waals surface area contributed by atoms with Crippen LogP contribution in [0.15, 0.2) is 12.2 Å². The van der Waals surface area contributed by atoms with E-state index in [1.54, 1.807) is 7.11 Å². The standard InChI is InChI=1S/C16H26O3/c1-12(17)19-16(2,8-4-5-9-18-3)15-11-13-6-7-14(15)10-13/h6-7,13-15H,4-5,8-11H2,1-3H3. The van der Waals surface area contributed by atoms with Crippen molar-refractivity contribution in [1.29, 1.82) is 0 Å². The first-order valence-electron chi connectivity index (χ1n) is 7.42. The maximum atomic E-state index is 11.4. The molecule has 0 aromatic rings. The SMILES string of the molecule is COCCCCC(C)(OC(C)=O)C1CC2C=CC1C2. The topological polar surface area (TPSA) is 35.5 Å². The van der Waals surface area contributed by atoms with Crippen LogP contribution >= 0.6 is 0 Å². The molecule has 1 saturated carbocycles. The van der Waals surface area contributed by atoms with Gasteiger partial charge in [0.05, 0.1) is 0 Å². The number of carbonyl (C=O) groups is 1. The van der Waals surface area contributed by atoms with Crippen LogP contribution in [-0.2, 0) is 14.3 Å². The Labute approximate surface area is 116 Å². The Morgan fingerprint density at radius 2 is 2.11 bits per heavy atom. The van der Waals surface area contributed by atoms with Crippen LogP contribution in [0, 0.1) is 17.8 Å². The van der Waals surface area contributed by atoms with Gasteiger partial charge in [0.15, 0.2) is 0 Å². The predicted molar refractivity (Wildman–Crippen MR) is 74.7 cm³/mol. The molecule has 0 aromatic heterocycles. The van der Waals surface area contributed by atoms with Crippen LogP contribution in [0.5, 0.6) is 0 Å². The van der Waals surface area contributed by atoms with Gasteiger partial charge in [-0.25, -0.2) is 0 Å². The summed E-state index contributed by atoms with van der Waals surface area (Å²) in [4.78, 5) is 11.4. The summed E-state index contributed by atoms with van der Waals surface area (Å²) in [5.74, 6) is 1.66. The Morgan fingerprint density at radius 1 is 1.32 bits per heavy atom. The molecular weight excluding hydrogens is 240 g/mol. The van der Waals surface area contributed by atoms with Gasteiger partial charge < -0.3 is 9.47 Å². The minimum absolute atomic E-state index is 0.152. The predicted octanol–water partition coefficient (Wildman–Crippen LogP) is 3.34. The Morgan fingerprint density at radius 3 is 2.63 bits per heavy atom. The molecule has 0 saturated heterocycles. The van der Waals surface area contributed by atoms with E-state index in [1.165, 1.54) is 19.8 Å². The van der Waals surface area contributed by atoms with E-state index < -0.39 is 0 Å². The summed E-state index contributed by atoms with van der Waals surface area (Å²) in [5.41, 5.74) is -0.302. The van der Waals surface area contributed by atoms with E-state index in [2.05, 4.69) is 19.1 Å². The molecule has 0 amide bonds. The van der Waals surface area contributed by atoms with E-state index in [-0.39, 0.29) is 11.6 Å². The van der Waals surface area contributed by atoms with Crippen molar-refractivity contribution < 1.29 is 14.3 Å². The molecule has 0 spiro atoms. The monoisotopic (exact) mass is 266 g/mol. The lowest BCUT2D eigenvalue weighted by Gasteiger charge is -2.38. The molecule has 2 rings (SSSR count). The molecule has 4 unspecified atom stereocenters. The third-order valence-electron chi connectivity index (χ3n) is 4.71. The fourth-order valence-corrected chi connectivity index (χ4v) is 3.85. The second-order valence-corrected chi connectivity index (χ2v) is 6.24. The van der Waals surface area contributed by atoms with Gasteiger partial charge in [0.25, 0.3) is 0 Å². The van der Waals surface area contributed by atoms with Crippen molar-refractivity contribution in [3.8, 4) is 0 Å². The van der Waals surface area contributed by atoms with E-state index >= 15 is 0 Å². The van der Waals surface area contributed by atoms with Crippen LogP contribution < -0.4 is 0 Å². The number of rotatable bonds is 7. The molecule has 4 atom stereocenters. The first-order chi connectivity index (χ1) is 9.05. The Balaban J connectivity index is 1.97. The number of ether oxygens (including phenoxy) is 2. The molecule has 2 bridgehead atoms. The van der Waals surface area contributed by atoms with Crippen LogP contribution in [-0.4, -0.2) is 25.3 Å². The maximum absolute atomic E-state index is 11.4. The lowest BCUT2D eigenvalue weighted by Crippen LogP contribution is -2.41. The summed E-state index contributed by atoms with van der Waals surface area (Å²) in [6.07, 6.45) is 10.1. The third-order valence-corrected chi connectivity index (χ3v) is 4.71. The van der Waals surface area contributed by atoms with Gasteiger partial charge >= 0.3 is 5.97 Å². The van der Waals surface area contributed by atoms with Crippen LogP contribution in [0.1, 0.15) is 46.0 Å². The van der Waals surface area contributed by atoms with Gasteiger partial charge in [-0.3, -0.25) is 4.79 Å². The molecule has 108 valence electrons. The average molecular weight is 266 g/mol. The summed E-state index contributed by atoms with van der Waals surface area (Å²) >= 11 is 0. The minimum Gasteiger partial charge on any atom is -0.459 e. The van der Waals surface area contributed by atoms with Gasteiger partial charge in [-0.05, 0) is 50.9 Å². The lowest BCUT2D eigenvalue weighted by atomic mass is 9.76. The van der Waals surface area contributed by atoms with Gasteiger partial charge in [0, 0.05) is 26.6 Å². The molecule has 3 heteroatoms. The van der Waals surface area contributed by atoms with Crippen molar-refractivity contribution in [3.05, 3.63) is 12.2 Å². The summed E-state index contributed by atoms with van der Waals surface area (Å²) in [6, 6.07) is 0. The van der Waals surface area contributed by atoms with Gasteiger partial charge in [0.2, 0.25) is 0 Å². The van der Waals surface area contributed by atoms with E-state index in [0.717, 1.165) is 25.9 Å². The van der Waals surface area contributed by atoms with Gasteiger partial charge in [-0.2, -0.15) is 0 Å². The summed E-state index contributed by atoms with van der Waals surface area (Å²) in [5, 5.41) is 0. The molecular formula is C16H26O3. The smallest absolute Gasteiger partial charge is 0.303 e. The quantitative estimate of drug-likeness (QED) is 0.403. The fraction of sp³-hybridized carbons (Fsp3) is 0.812. The number of hydrogen-bond acceptors (Lipinski definition) is 3. The summed E-state index contributed by atoms with van der Waals surface area (Å²) in [6.45, 7) is 4.43. The van der Waals surface area contributed by atoms with E-state index in [9.17, 15) is 4.79 Å². The Hall–Kier alpha value is -0.830. The number of methoxy groups -OCH3 is 1. The maximum Gasteiger partial charge on any atom is 0.303 e. The zero-order valence-electron chi connectivity index (χ0n) is 12.4. The zero-order valence-corrected chi connectivity index (χ0v) is 12.4. The van der Waals surface area contributed by atoms with Crippen LogP contribution in [0.4, 0.5) is 0 Å². The second-order valence-electron chi connectivity index (χ2n) is 6.24. The van der Waals surface area contributed by atoms with Crippen molar-refractivity contribution in [1.82, 2.24) is 0 Å². The second kappa shape index (κ2) is 6.08. The average Bonchev–Trinajstić information content (AvgIpc) is 2.96. The fourth-order valence-electron chi connectivity index (χ4n) is 3.85. The van der Waals surface area contributed by atoms with Crippen molar-refractivity contribution in [3.63, 3.8) is 0 Å². The van der Waals surface area contributed by atoms with Crippen LogP contribution in [0.2, 0.25) is 0 Å². The van der Waals surface area contributed by atoms with Crippen molar-refractivity contribution in [2.45, 2.75) is 51.6 Å². The number of hydrogen-bond donors (Lipinski definition) is 0. The Bertz CT molecular complexity index is 350. The molecule has 3 nitrogen and oxygen atoms in total. The van der Waals surface area contributed by atoms with Crippen LogP contribution in [0.25, 0.3) is 0 Å². The van der Waals surface area contributed by atoms with E-state index in [0.29, 0.717) is 17.8 Å². The number of esters is 1. The first-order valence-corrected chi connectivity index (χ1v) is 7.42. The van der Waals surface area contributed by atoms with Crippen LogP contribution in [0.3, 0.4) is 0 Å². The molecule has 19 heavy (non-hydrogen) atoms.